The summed E-state index contributed by atoms with van der Waals surface area (Å²) in [6.07, 6.45) is 8.45. The highest BCUT2D eigenvalue weighted by molar-refractivity contribution is 7.89. The normalized spacial score (nSPS) is 28.5. The summed E-state index contributed by atoms with van der Waals surface area (Å²) in [6, 6.07) is 12.9. The minimum Gasteiger partial charge on any atom is -0.306 e. The lowest BCUT2D eigenvalue weighted by atomic mass is 9.78. The molecule has 1 N–H and O–H groups in total. The molecule has 5 nitrogen and oxygen atoms in total. The highest BCUT2D eigenvalue weighted by Gasteiger charge is 2.56. The summed E-state index contributed by atoms with van der Waals surface area (Å²) in [5, 5.41) is 0. The molecule has 3 aliphatic rings. The van der Waals surface area contributed by atoms with Crippen molar-refractivity contribution >= 4 is 10.0 Å². The van der Waals surface area contributed by atoms with Crippen molar-refractivity contribution in [3.63, 3.8) is 0 Å². The number of benzene rings is 2. The number of imidazole rings is 1. The van der Waals surface area contributed by atoms with Gasteiger partial charge in [0.1, 0.15) is 5.82 Å². The van der Waals surface area contributed by atoms with Crippen molar-refractivity contribution in [2.45, 2.75) is 37.6 Å². The smallest absolute Gasteiger partial charge is 0.212 e. The van der Waals surface area contributed by atoms with Crippen molar-refractivity contribution in [2.75, 3.05) is 5.75 Å². The van der Waals surface area contributed by atoms with Crippen LogP contribution in [0.4, 0.5) is 4.39 Å². The van der Waals surface area contributed by atoms with Gasteiger partial charge in [0, 0.05) is 23.0 Å². The van der Waals surface area contributed by atoms with Gasteiger partial charge in [0.25, 0.3) is 0 Å². The van der Waals surface area contributed by atoms with Crippen LogP contribution < -0.4 is 4.72 Å². The molecule has 2 aliphatic carbocycles. The minimum absolute atomic E-state index is 0.252. The standard InChI is InChI=1S/C24H24FN3O2S/c25-21-5-7-22(8-6-21)28-14-23(26-15-28)17-2-1-16-12-19-3-4-20(13-18(16)11-17)24(19)9-10-31(29,30)27-24/h1-2,5-8,11,14-15,19-20,27H,3-4,9-10,12-13H2. The van der Waals surface area contributed by atoms with Crippen LogP contribution in [0, 0.1) is 17.7 Å². The van der Waals surface area contributed by atoms with Crippen LogP contribution in [0.15, 0.2) is 55.0 Å². The van der Waals surface area contributed by atoms with Crippen molar-refractivity contribution in [2.24, 2.45) is 11.8 Å². The molecule has 2 bridgehead atoms. The molecule has 3 aromatic rings. The summed E-state index contributed by atoms with van der Waals surface area (Å²) in [4.78, 5) is 4.57. The zero-order valence-electron chi connectivity index (χ0n) is 17.1. The Hall–Kier alpha value is -2.51. The number of rotatable bonds is 2. The maximum Gasteiger partial charge on any atom is 0.212 e. The maximum atomic E-state index is 13.2. The average molecular weight is 438 g/mol. The monoisotopic (exact) mass is 437 g/mol. The van der Waals surface area contributed by atoms with Crippen LogP contribution in [0.25, 0.3) is 16.9 Å². The van der Waals surface area contributed by atoms with E-state index in [2.05, 4.69) is 27.9 Å². The molecule has 1 aromatic heterocycles. The molecule has 1 saturated carbocycles. The van der Waals surface area contributed by atoms with Gasteiger partial charge in [-0.25, -0.2) is 22.5 Å². The Balaban J connectivity index is 1.32. The molecule has 1 saturated heterocycles. The molecule has 160 valence electrons. The Bertz CT molecular complexity index is 1270. The summed E-state index contributed by atoms with van der Waals surface area (Å²) in [5.41, 5.74) is 5.17. The lowest BCUT2D eigenvalue weighted by Crippen LogP contribution is -2.50. The number of hydrogen-bond acceptors (Lipinski definition) is 3. The second-order valence-electron chi connectivity index (χ2n) is 9.22. The van der Waals surface area contributed by atoms with E-state index in [0.29, 0.717) is 11.8 Å². The van der Waals surface area contributed by atoms with Crippen LogP contribution in [-0.2, 0) is 22.9 Å². The number of fused-ring (bicyclic) bond motifs is 1. The van der Waals surface area contributed by atoms with Gasteiger partial charge in [-0.2, -0.15) is 0 Å². The molecular formula is C24H24FN3O2S. The van der Waals surface area contributed by atoms with E-state index < -0.39 is 10.0 Å². The Morgan fingerprint density at radius 3 is 2.48 bits per heavy atom. The number of nitrogens with one attached hydrogen (secondary N) is 1. The van der Waals surface area contributed by atoms with Gasteiger partial charge in [0.05, 0.1) is 17.8 Å². The molecule has 3 unspecified atom stereocenters. The Labute approximate surface area is 181 Å². The maximum absolute atomic E-state index is 13.2. The molecule has 1 aliphatic heterocycles. The first-order valence-corrected chi connectivity index (χ1v) is 12.5. The Morgan fingerprint density at radius 2 is 1.77 bits per heavy atom. The predicted octanol–water partition coefficient (Wildman–Crippen LogP) is 3.87. The molecule has 1 spiro atoms. The number of sulfonamides is 1. The van der Waals surface area contributed by atoms with Crippen LogP contribution in [0.5, 0.6) is 0 Å². The van der Waals surface area contributed by atoms with Gasteiger partial charge in [0.15, 0.2) is 0 Å². The van der Waals surface area contributed by atoms with Gasteiger partial charge in [-0.05, 0) is 85.4 Å². The number of halogens is 1. The molecule has 0 radical (unpaired) electrons. The molecule has 2 aromatic carbocycles. The van der Waals surface area contributed by atoms with Gasteiger partial charge in [-0.3, -0.25) is 0 Å². The van der Waals surface area contributed by atoms with E-state index >= 15 is 0 Å². The third kappa shape index (κ3) is 3.13. The third-order valence-electron chi connectivity index (χ3n) is 7.59. The molecule has 2 fully saturated rings. The van der Waals surface area contributed by atoms with Gasteiger partial charge >= 0.3 is 0 Å². The van der Waals surface area contributed by atoms with Crippen molar-refractivity contribution in [3.8, 4) is 16.9 Å². The number of hydrogen-bond donors (Lipinski definition) is 1. The summed E-state index contributed by atoms with van der Waals surface area (Å²) >= 11 is 0. The van der Waals surface area contributed by atoms with Crippen molar-refractivity contribution in [3.05, 3.63) is 71.9 Å². The summed E-state index contributed by atoms with van der Waals surface area (Å²) in [6.45, 7) is 0. The molecule has 7 heteroatoms. The largest absolute Gasteiger partial charge is 0.306 e. The van der Waals surface area contributed by atoms with Gasteiger partial charge in [-0.15, -0.1) is 0 Å². The van der Waals surface area contributed by atoms with Crippen LogP contribution in [-0.4, -0.2) is 29.3 Å². The number of nitrogens with zero attached hydrogens (tertiary/aromatic N) is 2. The van der Waals surface area contributed by atoms with Crippen molar-refractivity contribution in [1.82, 2.24) is 14.3 Å². The van der Waals surface area contributed by atoms with Crippen LogP contribution in [0.2, 0.25) is 0 Å². The lowest BCUT2D eigenvalue weighted by molar-refractivity contribution is 0.232. The average Bonchev–Trinajstić information content (AvgIpc) is 3.40. The zero-order valence-corrected chi connectivity index (χ0v) is 17.9. The van der Waals surface area contributed by atoms with Gasteiger partial charge < -0.3 is 4.57 Å². The Morgan fingerprint density at radius 1 is 1.03 bits per heavy atom. The first kappa shape index (κ1) is 19.2. The Kier molecular flexibility index (Phi) is 4.17. The second kappa shape index (κ2) is 6.74. The molecule has 6 rings (SSSR count). The fourth-order valence-electron chi connectivity index (χ4n) is 6.02. The predicted molar refractivity (Wildman–Crippen MR) is 117 cm³/mol. The summed E-state index contributed by atoms with van der Waals surface area (Å²) in [5.74, 6) is 0.719. The zero-order chi connectivity index (χ0) is 21.2. The van der Waals surface area contributed by atoms with E-state index in [9.17, 15) is 12.8 Å². The van der Waals surface area contributed by atoms with Crippen molar-refractivity contribution < 1.29 is 12.8 Å². The van der Waals surface area contributed by atoms with Crippen LogP contribution in [0.3, 0.4) is 0 Å². The van der Waals surface area contributed by atoms with Gasteiger partial charge in [-0.1, -0.05) is 12.1 Å². The molecule has 3 atom stereocenters. The van der Waals surface area contributed by atoms with E-state index in [4.69, 9.17) is 0 Å². The minimum atomic E-state index is -3.15. The number of aromatic nitrogens is 2. The van der Waals surface area contributed by atoms with E-state index in [1.165, 1.54) is 23.3 Å². The summed E-state index contributed by atoms with van der Waals surface area (Å²) in [7, 11) is -3.15. The van der Waals surface area contributed by atoms with E-state index in [1.807, 2.05) is 10.8 Å². The first-order valence-electron chi connectivity index (χ1n) is 10.9. The highest BCUT2D eigenvalue weighted by atomic mass is 32.2. The van der Waals surface area contributed by atoms with Crippen molar-refractivity contribution in [1.29, 1.82) is 0 Å². The van der Waals surface area contributed by atoms with E-state index in [0.717, 1.165) is 49.0 Å². The quantitative estimate of drug-likeness (QED) is 0.662. The fourth-order valence-corrected chi connectivity index (χ4v) is 7.74. The summed E-state index contributed by atoms with van der Waals surface area (Å²) < 4.78 is 42.7. The topological polar surface area (TPSA) is 64.0 Å². The third-order valence-corrected chi connectivity index (χ3v) is 9.03. The van der Waals surface area contributed by atoms with Crippen LogP contribution >= 0.6 is 0 Å². The fraction of sp³-hybridized carbons (Fsp3) is 0.375. The molecule has 0 amide bonds. The lowest BCUT2D eigenvalue weighted by Gasteiger charge is -2.34. The molecule has 2 heterocycles. The van der Waals surface area contributed by atoms with Gasteiger partial charge in [0.2, 0.25) is 10.0 Å². The highest BCUT2D eigenvalue weighted by Crippen LogP contribution is 2.51. The van der Waals surface area contributed by atoms with E-state index in [1.54, 1.807) is 18.5 Å². The first-order chi connectivity index (χ1) is 14.9. The van der Waals surface area contributed by atoms with Crippen LogP contribution in [0.1, 0.15) is 30.4 Å². The SMILES string of the molecule is O=S1(=O)CCC2(N1)C1CCC2Cc2cc(-c3cn(-c4ccc(F)cc4)cn3)ccc2C1. The molecule has 31 heavy (non-hydrogen) atoms. The second-order valence-corrected chi connectivity index (χ2v) is 11.1. The molecular weight excluding hydrogens is 413 g/mol. The van der Waals surface area contributed by atoms with E-state index in [-0.39, 0.29) is 17.1 Å².